The molecule has 0 heterocycles. The van der Waals surface area contributed by atoms with E-state index in [1.165, 1.54) is 24.1 Å². The Labute approximate surface area is 101 Å². The Morgan fingerprint density at radius 3 is 2.50 bits per heavy atom. The lowest BCUT2D eigenvalue weighted by molar-refractivity contribution is -0.384. The maximum Gasteiger partial charge on any atom is 0.390 e. The molecule has 1 aromatic carbocycles. The molecule has 0 aliphatic rings. The van der Waals surface area contributed by atoms with Crippen molar-refractivity contribution < 1.29 is 18.1 Å². The number of nitro groups is 1. The van der Waals surface area contributed by atoms with Crippen molar-refractivity contribution in [2.24, 2.45) is 0 Å². The van der Waals surface area contributed by atoms with Gasteiger partial charge < -0.3 is 10.6 Å². The fourth-order valence-corrected chi connectivity index (χ4v) is 1.37. The summed E-state index contributed by atoms with van der Waals surface area (Å²) in [5.74, 6) is 0. The van der Waals surface area contributed by atoms with Crippen LogP contribution >= 0.6 is 0 Å². The van der Waals surface area contributed by atoms with Gasteiger partial charge in [-0.05, 0) is 6.07 Å². The van der Waals surface area contributed by atoms with Crippen LogP contribution < -0.4 is 10.6 Å². The van der Waals surface area contributed by atoms with Crippen LogP contribution in [0.25, 0.3) is 0 Å². The average Bonchev–Trinajstić information content (AvgIpc) is 2.23. The Morgan fingerprint density at radius 1 is 1.39 bits per heavy atom. The molecule has 8 heteroatoms. The molecule has 0 radical (unpaired) electrons. The molecule has 18 heavy (non-hydrogen) atoms. The third kappa shape index (κ3) is 4.11. The maximum absolute atomic E-state index is 12.1. The Morgan fingerprint density at radius 2 is 2.00 bits per heavy atom. The van der Waals surface area contributed by atoms with Gasteiger partial charge in [0.2, 0.25) is 0 Å². The molecule has 0 saturated carbocycles. The number of benzene rings is 1. The van der Waals surface area contributed by atoms with E-state index in [1.807, 2.05) is 0 Å². The Balaban J connectivity index is 2.85. The van der Waals surface area contributed by atoms with E-state index in [0.29, 0.717) is 0 Å². The molecule has 100 valence electrons. The van der Waals surface area contributed by atoms with E-state index in [1.54, 1.807) is 0 Å². The molecule has 5 nitrogen and oxygen atoms in total. The van der Waals surface area contributed by atoms with Gasteiger partial charge in [-0.3, -0.25) is 10.1 Å². The number of nitrogen functional groups attached to an aromatic ring is 1. The lowest BCUT2D eigenvalue weighted by atomic mass is 10.2. The van der Waals surface area contributed by atoms with Gasteiger partial charge in [-0.15, -0.1) is 0 Å². The third-order valence-corrected chi connectivity index (χ3v) is 2.31. The molecule has 0 saturated heterocycles. The summed E-state index contributed by atoms with van der Waals surface area (Å²) in [4.78, 5) is 11.2. The quantitative estimate of drug-likeness (QED) is 0.514. The first-order valence-corrected chi connectivity index (χ1v) is 5.02. The van der Waals surface area contributed by atoms with Crippen LogP contribution in [0.5, 0.6) is 0 Å². The van der Waals surface area contributed by atoms with Crippen molar-refractivity contribution in [2.75, 3.05) is 24.2 Å². The molecule has 0 aliphatic carbocycles. The number of rotatable bonds is 4. The highest BCUT2D eigenvalue weighted by molar-refractivity contribution is 5.62. The summed E-state index contributed by atoms with van der Waals surface area (Å²) in [5.41, 5.74) is 5.64. The molecular formula is C10H12F3N3O2. The second-order valence-electron chi connectivity index (χ2n) is 3.83. The van der Waals surface area contributed by atoms with Crippen molar-refractivity contribution in [3.05, 3.63) is 28.3 Å². The molecule has 0 aromatic heterocycles. The number of nitrogens with two attached hydrogens (primary N) is 1. The zero-order chi connectivity index (χ0) is 13.9. The van der Waals surface area contributed by atoms with E-state index >= 15 is 0 Å². The van der Waals surface area contributed by atoms with E-state index < -0.39 is 17.5 Å². The second kappa shape index (κ2) is 5.11. The summed E-state index contributed by atoms with van der Waals surface area (Å²) in [6, 6.07) is 3.73. The molecular weight excluding hydrogens is 251 g/mol. The number of hydrogen-bond donors (Lipinski definition) is 1. The number of nitro benzene ring substituents is 1. The number of hydrogen-bond acceptors (Lipinski definition) is 4. The molecule has 0 spiro atoms. The zero-order valence-electron chi connectivity index (χ0n) is 9.57. The predicted octanol–water partition coefficient (Wildman–Crippen LogP) is 2.57. The number of anilines is 2. The smallest absolute Gasteiger partial charge is 0.390 e. The van der Waals surface area contributed by atoms with Gasteiger partial charge >= 0.3 is 6.18 Å². The van der Waals surface area contributed by atoms with Gasteiger partial charge in [-0.25, -0.2) is 0 Å². The van der Waals surface area contributed by atoms with E-state index in [0.717, 1.165) is 6.07 Å². The molecule has 0 amide bonds. The summed E-state index contributed by atoms with van der Waals surface area (Å²) in [5, 5.41) is 10.6. The lowest BCUT2D eigenvalue weighted by Crippen LogP contribution is -2.24. The number of halogens is 3. The largest absolute Gasteiger partial charge is 0.398 e. The Hall–Kier alpha value is -1.99. The van der Waals surface area contributed by atoms with E-state index in [9.17, 15) is 23.3 Å². The van der Waals surface area contributed by atoms with Crippen molar-refractivity contribution >= 4 is 17.1 Å². The van der Waals surface area contributed by atoms with Gasteiger partial charge in [0.05, 0.1) is 11.3 Å². The van der Waals surface area contributed by atoms with Crippen molar-refractivity contribution in [3.8, 4) is 0 Å². The Kier molecular flexibility index (Phi) is 4.00. The van der Waals surface area contributed by atoms with Crippen molar-refractivity contribution in [1.82, 2.24) is 0 Å². The summed E-state index contributed by atoms with van der Waals surface area (Å²) in [6.07, 6.45) is -5.26. The highest BCUT2D eigenvalue weighted by atomic mass is 19.4. The van der Waals surface area contributed by atoms with Crippen molar-refractivity contribution in [3.63, 3.8) is 0 Å². The number of nitrogens with zero attached hydrogens (tertiary/aromatic N) is 2. The molecule has 0 unspecified atom stereocenters. The van der Waals surface area contributed by atoms with Gasteiger partial charge in [0.1, 0.15) is 0 Å². The summed E-state index contributed by atoms with van der Waals surface area (Å²) >= 11 is 0. The van der Waals surface area contributed by atoms with Crippen LogP contribution in [0.4, 0.5) is 30.2 Å². The Bertz CT molecular complexity index is 448. The van der Waals surface area contributed by atoms with Crippen LogP contribution in [0.2, 0.25) is 0 Å². The fourth-order valence-electron chi connectivity index (χ4n) is 1.37. The normalized spacial score (nSPS) is 11.3. The van der Waals surface area contributed by atoms with Crippen LogP contribution in [-0.4, -0.2) is 24.7 Å². The summed E-state index contributed by atoms with van der Waals surface area (Å²) < 4.78 is 36.2. The molecule has 0 aliphatic heterocycles. The van der Waals surface area contributed by atoms with Gasteiger partial charge in [0, 0.05) is 37.1 Å². The average molecular weight is 263 g/mol. The second-order valence-corrected chi connectivity index (χ2v) is 3.83. The summed E-state index contributed by atoms with van der Waals surface area (Å²) in [6.45, 7) is -0.288. The van der Waals surface area contributed by atoms with Crippen LogP contribution in [0, 0.1) is 10.1 Å². The standard InChI is InChI=1S/C10H12F3N3O2/c1-15(3-2-10(11,12)13)8-4-7(14)5-9(6-8)16(17)18/h4-6H,2-3,14H2,1H3. The first kappa shape index (κ1) is 14.1. The van der Waals surface area contributed by atoms with Gasteiger partial charge in [0.15, 0.2) is 0 Å². The van der Waals surface area contributed by atoms with Crippen molar-refractivity contribution in [2.45, 2.75) is 12.6 Å². The van der Waals surface area contributed by atoms with Crippen LogP contribution in [0.3, 0.4) is 0 Å². The number of alkyl halides is 3. The fraction of sp³-hybridized carbons (Fsp3) is 0.400. The van der Waals surface area contributed by atoms with E-state index in [2.05, 4.69) is 0 Å². The highest BCUT2D eigenvalue weighted by Crippen LogP contribution is 2.26. The first-order valence-electron chi connectivity index (χ1n) is 5.02. The minimum Gasteiger partial charge on any atom is -0.398 e. The molecule has 1 aromatic rings. The SMILES string of the molecule is CN(CCC(F)(F)F)c1cc(N)cc([N+](=O)[O-])c1. The predicted molar refractivity (Wildman–Crippen MR) is 61.5 cm³/mol. The van der Waals surface area contributed by atoms with E-state index in [-0.39, 0.29) is 23.6 Å². The maximum atomic E-state index is 12.1. The van der Waals surface area contributed by atoms with Gasteiger partial charge in [0.25, 0.3) is 5.69 Å². The topological polar surface area (TPSA) is 72.4 Å². The minimum absolute atomic E-state index is 0.137. The van der Waals surface area contributed by atoms with Crippen LogP contribution in [-0.2, 0) is 0 Å². The van der Waals surface area contributed by atoms with Gasteiger partial charge in [-0.1, -0.05) is 0 Å². The molecule has 0 atom stereocenters. The van der Waals surface area contributed by atoms with Crippen molar-refractivity contribution in [1.29, 1.82) is 0 Å². The molecule has 2 N–H and O–H groups in total. The zero-order valence-corrected chi connectivity index (χ0v) is 9.57. The minimum atomic E-state index is -4.26. The molecule has 0 bridgehead atoms. The lowest BCUT2D eigenvalue weighted by Gasteiger charge is -2.20. The third-order valence-electron chi connectivity index (χ3n) is 2.31. The highest BCUT2D eigenvalue weighted by Gasteiger charge is 2.27. The van der Waals surface area contributed by atoms with Crippen LogP contribution in [0.15, 0.2) is 18.2 Å². The monoisotopic (exact) mass is 263 g/mol. The summed E-state index contributed by atoms with van der Waals surface area (Å²) in [7, 11) is 1.42. The number of non-ortho nitro benzene ring substituents is 1. The molecule has 1 rings (SSSR count). The van der Waals surface area contributed by atoms with Crippen LogP contribution in [0.1, 0.15) is 6.42 Å². The first-order chi connectivity index (χ1) is 8.19. The van der Waals surface area contributed by atoms with E-state index in [4.69, 9.17) is 5.73 Å². The molecule has 0 fully saturated rings. The van der Waals surface area contributed by atoms with Gasteiger partial charge in [-0.2, -0.15) is 13.2 Å².